The third kappa shape index (κ3) is 4.64. The second-order valence-electron chi connectivity index (χ2n) is 6.07. The summed E-state index contributed by atoms with van der Waals surface area (Å²) < 4.78 is 60.6. The van der Waals surface area contributed by atoms with Crippen LogP contribution in [0.1, 0.15) is 11.6 Å². The Labute approximate surface area is 151 Å². The van der Waals surface area contributed by atoms with Gasteiger partial charge < -0.3 is 4.74 Å². The van der Waals surface area contributed by atoms with Crippen molar-refractivity contribution in [1.29, 1.82) is 0 Å². The van der Waals surface area contributed by atoms with E-state index in [1.165, 1.54) is 0 Å². The monoisotopic (exact) mass is 382 g/mol. The van der Waals surface area contributed by atoms with Crippen molar-refractivity contribution in [3.05, 3.63) is 65.7 Å². The molecule has 0 saturated carbocycles. The summed E-state index contributed by atoms with van der Waals surface area (Å²) in [7, 11) is -4.23. The van der Waals surface area contributed by atoms with E-state index in [4.69, 9.17) is 4.74 Å². The first kappa shape index (κ1) is 18.9. The van der Waals surface area contributed by atoms with Crippen molar-refractivity contribution in [2.24, 2.45) is 0 Å². The topological polar surface area (TPSA) is 58.6 Å². The number of hydrogen-bond donors (Lipinski definition) is 1. The Balaban J connectivity index is 1.87. The van der Waals surface area contributed by atoms with E-state index >= 15 is 0 Å². The molecule has 3 rings (SSSR count). The molecule has 26 heavy (non-hydrogen) atoms. The molecule has 1 saturated heterocycles. The van der Waals surface area contributed by atoms with Crippen LogP contribution in [0.4, 0.5) is 8.78 Å². The molecule has 2 aromatic carbocycles. The molecule has 1 aliphatic heterocycles. The van der Waals surface area contributed by atoms with Gasteiger partial charge in [0.1, 0.15) is 16.5 Å². The van der Waals surface area contributed by atoms with Crippen molar-refractivity contribution in [3.63, 3.8) is 0 Å². The summed E-state index contributed by atoms with van der Waals surface area (Å²) in [6, 6.07) is 10.8. The van der Waals surface area contributed by atoms with Gasteiger partial charge >= 0.3 is 0 Å². The zero-order valence-corrected chi connectivity index (χ0v) is 14.9. The Bertz CT molecular complexity index is 841. The highest BCUT2D eigenvalue weighted by Crippen LogP contribution is 2.21. The van der Waals surface area contributed by atoms with Crippen molar-refractivity contribution in [2.75, 3.05) is 32.8 Å². The Morgan fingerprint density at radius 2 is 1.77 bits per heavy atom. The predicted octanol–water partition coefficient (Wildman–Crippen LogP) is 2.32. The molecule has 1 fully saturated rings. The lowest BCUT2D eigenvalue weighted by molar-refractivity contribution is 0.0345. The molecule has 8 heteroatoms. The molecule has 1 N–H and O–H groups in total. The molecule has 140 valence electrons. The van der Waals surface area contributed by atoms with Gasteiger partial charge in [0.05, 0.1) is 19.3 Å². The molecule has 0 amide bonds. The number of nitrogens with zero attached hydrogens (tertiary/aromatic N) is 1. The summed E-state index contributed by atoms with van der Waals surface area (Å²) in [5.41, 5.74) is 0.749. The minimum atomic E-state index is -4.23. The fraction of sp³-hybridized carbons (Fsp3) is 0.333. The van der Waals surface area contributed by atoms with Crippen LogP contribution in [0, 0.1) is 11.6 Å². The van der Waals surface area contributed by atoms with Crippen LogP contribution < -0.4 is 4.72 Å². The van der Waals surface area contributed by atoms with Gasteiger partial charge in [-0.2, -0.15) is 0 Å². The fourth-order valence-electron chi connectivity index (χ4n) is 2.87. The zero-order chi connectivity index (χ0) is 18.6. The summed E-state index contributed by atoms with van der Waals surface area (Å²) in [4.78, 5) is 1.38. The van der Waals surface area contributed by atoms with Crippen molar-refractivity contribution in [2.45, 2.75) is 10.9 Å². The van der Waals surface area contributed by atoms with Gasteiger partial charge in [-0.15, -0.1) is 0 Å². The van der Waals surface area contributed by atoms with Gasteiger partial charge in [-0.05, 0) is 23.8 Å². The lowest BCUT2D eigenvalue weighted by atomic mass is 10.1. The van der Waals surface area contributed by atoms with Crippen molar-refractivity contribution in [1.82, 2.24) is 9.62 Å². The van der Waals surface area contributed by atoms with Gasteiger partial charge in [0.15, 0.2) is 0 Å². The minimum Gasteiger partial charge on any atom is -0.379 e. The van der Waals surface area contributed by atoms with Crippen LogP contribution in [-0.4, -0.2) is 46.2 Å². The normalized spacial score (nSPS) is 17.2. The molecule has 0 aliphatic carbocycles. The van der Waals surface area contributed by atoms with E-state index in [9.17, 15) is 17.2 Å². The highest BCUT2D eigenvalue weighted by Gasteiger charge is 2.26. The van der Waals surface area contributed by atoms with E-state index in [0.717, 1.165) is 17.7 Å². The van der Waals surface area contributed by atoms with Crippen LogP contribution in [0.15, 0.2) is 53.4 Å². The second kappa shape index (κ2) is 8.22. The summed E-state index contributed by atoms with van der Waals surface area (Å²) in [5, 5.41) is 0. The molecule has 5 nitrogen and oxygen atoms in total. The molecule has 0 spiro atoms. The van der Waals surface area contributed by atoms with Crippen molar-refractivity contribution in [3.8, 4) is 0 Å². The van der Waals surface area contributed by atoms with E-state index in [2.05, 4.69) is 9.62 Å². The highest BCUT2D eigenvalue weighted by molar-refractivity contribution is 7.89. The summed E-state index contributed by atoms with van der Waals surface area (Å²) in [6.07, 6.45) is 0. The maximum Gasteiger partial charge on any atom is 0.244 e. The third-order valence-electron chi connectivity index (χ3n) is 4.23. The van der Waals surface area contributed by atoms with E-state index in [0.29, 0.717) is 38.9 Å². The maximum atomic E-state index is 14.0. The minimum absolute atomic E-state index is 0.406. The smallest absolute Gasteiger partial charge is 0.244 e. The average molecular weight is 382 g/mol. The molecule has 1 atom stereocenters. The Morgan fingerprint density at radius 1 is 1.08 bits per heavy atom. The maximum absolute atomic E-state index is 14.0. The summed E-state index contributed by atoms with van der Waals surface area (Å²) in [5.74, 6) is -1.80. The van der Waals surface area contributed by atoms with Crippen LogP contribution in [0.3, 0.4) is 0 Å². The quantitative estimate of drug-likeness (QED) is 0.833. The zero-order valence-electron chi connectivity index (χ0n) is 14.1. The lowest BCUT2D eigenvalue weighted by Crippen LogP contribution is -2.43. The van der Waals surface area contributed by atoms with E-state index in [-0.39, 0.29) is 0 Å². The lowest BCUT2D eigenvalue weighted by Gasteiger charge is -2.31. The van der Waals surface area contributed by atoms with Gasteiger partial charge in [0.25, 0.3) is 0 Å². The highest BCUT2D eigenvalue weighted by atomic mass is 32.2. The molecule has 0 radical (unpaired) electrons. The molecule has 2 aromatic rings. The molecule has 1 unspecified atom stereocenters. The Morgan fingerprint density at radius 3 is 2.46 bits per heavy atom. The number of morpholine rings is 1. The van der Waals surface area contributed by atoms with Gasteiger partial charge in [0.2, 0.25) is 10.0 Å². The number of halogens is 2. The van der Waals surface area contributed by atoms with Crippen molar-refractivity contribution >= 4 is 10.0 Å². The summed E-state index contributed by atoms with van der Waals surface area (Å²) in [6.45, 7) is 2.92. The fourth-order valence-corrected chi connectivity index (χ4v) is 4.18. The first-order chi connectivity index (χ1) is 12.5. The van der Waals surface area contributed by atoms with E-state index in [1.54, 1.807) is 24.3 Å². The van der Waals surface area contributed by atoms with Gasteiger partial charge in [0, 0.05) is 19.6 Å². The van der Waals surface area contributed by atoms with Gasteiger partial charge in [-0.3, -0.25) is 4.90 Å². The third-order valence-corrected chi connectivity index (χ3v) is 5.71. The Kier molecular flexibility index (Phi) is 5.98. The number of sulfonamides is 1. The Hall–Kier alpha value is -1.87. The average Bonchev–Trinajstić information content (AvgIpc) is 2.64. The molecule has 0 bridgehead atoms. The number of nitrogens with one attached hydrogen (secondary N) is 1. The molecular formula is C18H20F2N2O3S. The number of benzene rings is 2. The second-order valence-corrected chi connectivity index (χ2v) is 7.75. The number of hydrogen-bond acceptors (Lipinski definition) is 4. The first-order valence-corrected chi connectivity index (χ1v) is 9.76. The van der Waals surface area contributed by atoms with E-state index in [1.807, 2.05) is 6.07 Å². The van der Waals surface area contributed by atoms with Crippen LogP contribution in [-0.2, 0) is 14.8 Å². The number of rotatable bonds is 6. The van der Waals surface area contributed by atoms with Crippen LogP contribution in [0.5, 0.6) is 0 Å². The van der Waals surface area contributed by atoms with Gasteiger partial charge in [-0.25, -0.2) is 21.9 Å². The SMILES string of the molecule is O=S(=O)(NC(CN1CCOCC1)c1ccccc1)c1cc(F)ccc1F. The molecule has 1 aliphatic rings. The van der Waals surface area contributed by atoms with Crippen molar-refractivity contribution < 1.29 is 21.9 Å². The predicted molar refractivity (Wildman–Crippen MR) is 93.1 cm³/mol. The van der Waals surface area contributed by atoms with Crippen LogP contribution in [0.25, 0.3) is 0 Å². The largest absolute Gasteiger partial charge is 0.379 e. The van der Waals surface area contributed by atoms with E-state index < -0.39 is 32.6 Å². The number of ether oxygens (including phenoxy) is 1. The summed E-state index contributed by atoms with van der Waals surface area (Å²) >= 11 is 0. The van der Waals surface area contributed by atoms with Crippen LogP contribution >= 0.6 is 0 Å². The first-order valence-electron chi connectivity index (χ1n) is 8.28. The molecule has 0 aromatic heterocycles. The van der Waals surface area contributed by atoms with Crippen LogP contribution in [0.2, 0.25) is 0 Å². The molecular weight excluding hydrogens is 362 g/mol. The standard InChI is InChI=1S/C18H20F2N2O3S/c19-15-6-7-16(20)18(12-15)26(23,24)21-17(14-4-2-1-3-5-14)13-22-8-10-25-11-9-22/h1-7,12,17,21H,8-11,13H2. The molecule has 1 heterocycles. The van der Waals surface area contributed by atoms with Gasteiger partial charge in [-0.1, -0.05) is 30.3 Å².